The molecule has 0 aromatic heterocycles. The second-order valence-electron chi connectivity index (χ2n) is 13.5. The Hall–Kier alpha value is -4.32. The average molecular weight is 750 g/mol. The maximum absolute atomic E-state index is 13.9. The van der Waals surface area contributed by atoms with Gasteiger partial charge in [0, 0.05) is 56.5 Å². The average Bonchev–Trinajstić information content (AvgIpc) is 3.01. The fraction of sp³-hybridized carbons (Fsp3) is 0.571. The third-order valence-corrected chi connectivity index (χ3v) is 9.97. The van der Waals surface area contributed by atoms with E-state index < -0.39 is 76.2 Å². The van der Waals surface area contributed by atoms with Crippen LogP contribution in [0.1, 0.15) is 60.8 Å². The van der Waals surface area contributed by atoms with Gasteiger partial charge in [-0.15, -0.1) is 0 Å². The van der Waals surface area contributed by atoms with Gasteiger partial charge in [0.1, 0.15) is 12.2 Å². The van der Waals surface area contributed by atoms with Crippen LogP contribution in [0.5, 0.6) is 0 Å². The molecule has 17 heteroatoms. The minimum atomic E-state index is -4.28. The van der Waals surface area contributed by atoms with E-state index in [9.17, 15) is 32.4 Å². The van der Waals surface area contributed by atoms with Crippen molar-refractivity contribution in [2.75, 3.05) is 27.3 Å². The predicted molar refractivity (Wildman–Crippen MR) is 190 cm³/mol. The van der Waals surface area contributed by atoms with Crippen molar-refractivity contribution in [1.29, 1.82) is 0 Å². The SMILES string of the molecule is CO[C@H]1/C=C\C=C(/C)C(=O)NC2=CC(=O)C(N3CCC3)=C(C[C@@H](C)C[C@H](OC)[C@@H](OC(=O)NS(=O)(=O)NC(C)C)[C@@H](C)/C=C(\C)[C@@H]1OC(N)=O)C2=O. The molecule has 0 saturated carbocycles. The number of rotatable bonds is 8. The van der Waals surface area contributed by atoms with Gasteiger partial charge in [-0.3, -0.25) is 14.4 Å². The van der Waals surface area contributed by atoms with Gasteiger partial charge in [0.05, 0.1) is 17.5 Å². The molecule has 2 aliphatic heterocycles. The number of carbonyl (C=O) groups excluding carboxylic acids is 5. The Morgan fingerprint density at radius 2 is 1.73 bits per heavy atom. The quantitative estimate of drug-likeness (QED) is 0.208. The summed E-state index contributed by atoms with van der Waals surface area (Å²) in [4.78, 5) is 67.5. The smallest absolute Gasteiger partial charge is 0.422 e. The number of hydrogen-bond donors (Lipinski definition) is 4. The van der Waals surface area contributed by atoms with Gasteiger partial charge in [0.2, 0.25) is 11.6 Å². The first-order valence-corrected chi connectivity index (χ1v) is 18.5. The molecule has 1 saturated heterocycles. The predicted octanol–water partition coefficient (Wildman–Crippen LogP) is 2.44. The molecule has 5 N–H and O–H groups in total. The molecule has 16 nitrogen and oxygen atoms in total. The van der Waals surface area contributed by atoms with Crippen LogP contribution in [0.25, 0.3) is 0 Å². The van der Waals surface area contributed by atoms with Gasteiger partial charge >= 0.3 is 22.4 Å². The molecule has 1 fully saturated rings. The molecule has 0 radical (unpaired) electrons. The first-order chi connectivity index (χ1) is 24.4. The summed E-state index contributed by atoms with van der Waals surface area (Å²) in [5, 5.41) is 2.58. The first kappa shape index (κ1) is 42.1. The molecule has 3 rings (SSSR count). The van der Waals surface area contributed by atoms with Crippen LogP contribution in [0.3, 0.4) is 0 Å². The molecular formula is C35H51N5O11S. The maximum atomic E-state index is 13.9. The zero-order chi connectivity index (χ0) is 38.9. The highest BCUT2D eigenvalue weighted by Crippen LogP contribution is 2.32. The van der Waals surface area contributed by atoms with Crippen LogP contribution >= 0.6 is 0 Å². The lowest BCUT2D eigenvalue weighted by Gasteiger charge is -2.37. The lowest BCUT2D eigenvalue weighted by Crippen LogP contribution is -2.47. The molecule has 0 spiro atoms. The summed E-state index contributed by atoms with van der Waals surface area (Å²) in [6.45, 7) is 11.1. The molecule has 2 bridgehead atoms. The van der Waals surface area contributed by atoms with Gasteiger partial charge in [-0.1, -0.05) is 38.2 Å². The van der Waals surface area contributed by atoms with Crippen LogP contribution in [0.4, 0.5) is 9.59 Å². The van der Waals surface area contributed by atoms with Crippen LogP contribution in [0.2, 0.25) is 0 Å². The molecule has 3 amide bonds. The van der Waals surface area contributed by atoms with E-state index in [0.29, 0.717) is 18.7 Å². The first-order valence-electron chi connectivity index (χ1n) is 17.0. The summed E-state index contributed by atoms with van der Waals surface area (Å²) < 4.78 is 51.8. The molecule has 1 aliphatic carbocycles. The number of likely N-dealkylation sites (tertiary alicyclic amines) is 1. The number of amides is 3. The maximum Gasteiger partial charge on any atom is 0.422 e. The lowest BCUT2D eigenvalue weighted by atomic mass is 9.84. The minimum absolute atomic E-state index is 0.111. The Kier molecular flexibility index (Phi) is 14.9. The van der Waals surface area contributed by atoms with Crippen molar-refractivity contribution < 1.29 is 51.3 Å². The number of ether oxygens (including phenoxy) is 4. The standard InChI is InChI=1S/C35H51N5O11S/c1-19(2)38-52(46,47)39-35(45)51-32-23(6)17-22(5)31(50-34(36)44)27(48-7)12-9-11-21(4)33(43)37-25-18-26(41)29(40-13-10-14-40)24(30(25)42)15-20(3)16-28(32)49-8/h9,11-12,17-20,23,27-28,31-32,38H,10,13-16H2,1-8H3,(H2,36,44)(H,37,43)(H,39,45)/b12-9-,21-11+,22-17+/t20-,23+,27+,28+,31+,32+/m1/s1. The van der Waals surface area contributed by atoms with Crippen molar-refractivity contribution >= 4 is 39.9 Å². The molecule has 288 valence electrons. The molecule has 0 aromatic carbocycles. The van der Waals surface area contributed by atoms with E-state index in [1.54, 1.807) is 33.8 Å². The molecule has 52 heavy (non-hydrogen) atoms. The fourth-order valence-corrected chi connectivity index (χ4v) is 7.17. The summed E-state index contributed by atoms with van der Waals surface area (Å²) in [5.74, 6) is -2.57. The third-order valence-electron chi connectivity index (χ3n) is 8.75. The van der Waals surface area contributed by atoms with E-state index in [-0.39, 0.29) is 41.3 Å². The molecule has 2 heterocycles. The highest BCUT2D eigenvalue weighted by atomic mass is 32.2. The molecule has 0 unspecified atom stereocenters. The van der Waals surface area contributed by atoms with E-state index in [1.165, 1.54) is 39.4 Å². The van der Waals surface area contributed by atoms with E-state index >= 15 is 0 Å². The second-order valence-corrected chi connectivity index (χ2v) is 14.9. The zero-order valence-corrected chi connectivity index (χ0v) is 31.7. The number of nitrogens with one attached hydrogen (secondary N) is 3. The number of primary amides is 1. The largest absolute Gasteiger partial charge is 0.442 e. The summed E-state index contributed by atoms with van der Waals surface area (Å²) in [7, 11) is -1.50. The molecule has 3 aliphatic rings. The van der Waals surface area contributed by atoms with Crippen LogP contribution in [-0.2, 0) is 43.5 Å². The Morgan fingerprint density at radius 1 is 1.06 bits per heavy atom. The number of methoxy groups -OCH3 is 2. The highest BCUT2D eigenvalue weighted by Gasteiger charge is 2.38. The third kappa shape index (κ3) is 11.3. The summed E-state index contributed by atoms with van der Waals surface area (Å²) in [6, 6.07) is -0.513. The Balaban J connectivity index is 2.16. The number of ketones is 2. The van der Waals surface area contributed by atoms with Crippen LogP contribution in [0, 0.1) is 11.8 Å². The van der Waals surface area contributed by atoms with Gasteiger partial charge in [0.15, 0.2) is 6.10 Å². The summed E-state index contributed by atoms with van der Waals surface area (Å²) in [6.07, 6.45) is 2.10. The Labute approximate surface area is 305 Å². The number of nitrogens with two attached hydrogens (primary N) is 1. The summed E-state index contributed by atoms with van der Waals surface area (Å²) >= 11 is 0. The molecular weight excluding hydrogens is 698 g/mol. The number of carbonyl (C=O) groups is 5. The summed E-state index contributed by atoms with van der Waals surface area (Å²) in [5.41, 5.74) is 6.43. The van der Waals surface area contributed by atoms with Crippen molar-refractivity contribution in [3.63, 3.8) is 0 Å². The topological polar surface area (TPSA) is 222 Å². The molecule has 0 aromatic rings. The Morgan fingerprint density at radius 3 is 2.29 bits per heavy atom. The lowest BCUT2D eigenvalue weighted by molar-refractivity contribution is -0.120. The zero-order valence-electron chi connectivity index (χ0n) is 30.9. The van der Waals surface area contributed by atoms with Gasteiger partial charge < -0.3 is 34.9 Å². The van der Waals surface area contributed by atoms with E-state index in [2.05, 4.69) is 10.0 Å². The number of fused-ring (bicyclic) bond motifs is 2. The number of hydrogen-bond acceptors (Lipinski definition) is 12. The van der Waals surface area contributed by atoms with Crippen molar-refractivity contribution in [3.8, 4) is 0 Å². The van der Waals surface area contributed by atoms with E-state index in [1.807, 2.05) is 16.5 Å². The van der Waals surface area contributed by atoms with Gasteiger partial charge in [-0.25, -0.2) is 14.3 Å². The van der Waals surface area contributed by atoms with Gasteiger partial charge in [-0.2, -0.15) is 13.1 Å². The van der Waals surface area contributed by atoms with Crippen LogP contribution in [0.15, 0.2) is 58.5 Å². The van der Waals surface area contributed by atoms with Crippen molar-refractivity contribution in [2.45, 2.75) is 91.3 Å². The highest BCUT2D eigenvalue weighted by molar-refractivity contribution is 7.88. The number of Topliss-reactive ketones (excluding diaryl/α,β-unsaturated/α-hetero) is 1. The van der Waals surface area contributed by atoms with Crippen molar-refractivity contribution in [3.05, 3.63) is 58.5 Å². The van der Waals surface area contributed by atoms with E-state index in [0.717, 1.165) is 12.5 Å². The van der Waals surface area contributed by atoms with Crippen LogP contribution < -0.4 is 20.5 Å². The molecule has 6 atom stereocenters. The Bertz CT molecular complexity index is 1660. The van der Waals surface area contributed by atoms with Crippen molar-refractivity contribution in [1.82, 2.24) is 19.7 Å². The van der Waals surface area contributed by atoms with Gasteiger partial charge in [0.25, 0.3) is 5.91 Å². The minimum Gasteiger partial charge on any atom is -0.442 e. The van der Waals surface area contributed by atoms with E-state index in [4.69, 9.17) is 24.7 Å². The monoisotopic (exact) mass is 749 g/mol. The second kappa shape index (κ2) is 18.4. The fourth-order valence-electron chi connectivity index (χ4n) is 6.22. The van der Waals surface area contributed by atoms with Crippen molar-refractivity contribution in [2.24, 2.45) is 17.6 Å². The number of nitrogens with zero attached hydrogens (tertiary/aromatic N) is 1. The normalized spacial score (nSPS) is 29.5. The number of allylic oxidation sites excluding steroid dienone is 4. The van der Waals surface area contributed by atoms with Crippen LogP contribution in [-0.4, -0.2) is 101 Å². The van der Waals surface area contributed by atoms with Gasteiger partial charge in [-0.05, 0) is 58.4 Å².